The van der Waals surface area contributed by atoms with E-state index in [0.717, 1.165) is 11.5 Å². The number of aliphatic hydroxyl groups excluding tert-OH is 2. The lowest BCUT2D eigenvalue weighted by Gasteiger charge is -2.41. The second kappa shape index (κ2) is 6.20. The molecule has 1 heterocycles. The summed E-state index contributed by atoms with van der Waals surface area (Å²) in [5, 5.41) is 20.2. The van der Waals surface area contributed by atoms with Gasteiger partial charge in [-0.15, -0.1) is 23.5 Å². The van der Waals surface area contributed by atoms with Crippen LogP contribution in [0.2, 0.25) is 0 Å². The van der Waals surface area contributed by atoms with Crippen molar-refractivity contribution >= 4 is 29.5 Å². The van der Waals surface area contributed by atoms with E-state index in [1.807, 2.05) is 6.07 Å². The number of benzene rings is 1. The first-order chi connectivity index (χ1) is 10.1. The third kappa shape index (κ3) is 3.23. The Labute approximate surface area is 132 Å². The van der Waals surface area contributed by atoms with Crippen LogP contribution in [0.3, 0.4) is 0 Å². The van der Waals surface area contributed by atoms with E-state index in [2.05, 4.69) is 0 Å². The van der Waals surface area contributed by atoms with E-state index in [1.165, 1.54) is 0 Å². The van der Waals surface area contributed by atoms with Gasteiger partial charge in [0.05, 0.1) is 15.7 Å². The quantitative estimate of drug-likeness (QED) is 0.809. The molecule has 114 valence electrons. The Kier molecular flexibility index (Phi) is 4.49. The number of hydrogen-bond donors (Lipinski definition) is 2. The second-order valence-electron chi connectivity index (χ2n) is 5.38. The molecule has 2 aliphatic rings. The van der Waals surface area contributed by atoms with Crippen molar-refractivity contribution in [1.29, 1.82) is 0 Å². The third-order valence-electron chi connectivity index (χ3n) is 3.89. The molecule has 1 spiro atoms. The Balaban J connectivity index is 1.72. The Morgan fingerprint density at radius 3 is 2.48 bits per heavy atom. The second-order valence-corrected chi connectivity index (χ2v) is 8.60. The SMILES string of the molecule is O=C(O[C@@H]1CC2(C[C@@H](O)[C@@H]1O)SCCS2)c1ccccc1. The van der Waals surface area contributed by atoms with Crippen molar-refractivity contribution in [3.05, 3.63) is 35.9 Å². The van der Waals surface area contributed by atoms with Crippen molar-refractivity contribution in [3.63, 3.8) is 0 Å². The van der Waals surface area contributed by atoms with Crippen LogP contribution < -0.4 is 0 Å². The summed E-state index contributed by atoms with van der Waals surface area (Å²) in [6, 6.07) is 8.74. The van der Waals surface area contributed by atoms with Gasteiger partial charge >= 0.3 is 5.97 Å². The molecule has 21 heavy (non-hydrogen) atoms. The number of esters is 1. The molecule has 0 aromatic heterocycles. The maximum absolute atomic E-state index is 12.1. The average molecular weight is 326 g/mol. The summed E-state index contributed by atoms with van der Waals surface area (Å²) < 4.78 is 5.35. The van der Waals surface area contributed by atoms with Gasteiger partial charge in [0.25, 0.3) is 0 Å². The number of carbonyl (C=O) groups is 1. The number of ether oxygens (including phenoxy) is 1. The van der Waals surface area contributed by atoms with Crippen LogP contribution in [0.1, 0.15) is 23.2 Å². The predicted octanol–water partition coefficient (Wildman–Crippen LogP) is 1.90. The number of hydrogen-bond acceptors (Lipinski definition) is 6. The molecule has 1 saturated carbocycles. The van der Waals surface area contributed by atoms with Crippen molar-refractivity contribution < 1.29 is 19.7 Å². The molecule has 4 nitrogen and oxygen atoms in total. The van der Waals surface area contributed by atoms with E-state index >= 15 is 0 Å². The monoisotopic (exact) mass is 326 g/mol. The van der Waals surface area contributed by atoms with Crippen LogP contribution in [0.4, 0.5) is 0 Å². The molecule has 0 bridgehead atoms. The van der Waals surface area contributed by atoms with Gasteiger partial charge in [0.15, 0.2) is 0 Å². The van der Waals surface area contributed by atoms with Crippen LogP contribution in [0, 0.1) is 0 Å². The zero-order valence-corrected chi connectivity index (χ0v) is 13.1. The molecule has 1 aromatic carbocycles. The van der Waals surface area contributed by atoms with Gasteiger partial charge in [-0.25, -0.2) is 4.79 Å². The number of thioether (sulfide) groups is 2. The van der Waals surface area contributed by atoms with Crippen LogP contribution in [0.15, 0.2) is 30.3 Å². The molecule has 2 N–H and O–H groups in total. The number of rotatable bonds is 2. The molecule has 3 atom stereocenters. The first-order valence-corrected chi connectivity index (χ1v) is 8.97. The van der Waals surface area contributed by atoms with Crippen molar-refractivity contribution in [2.45, 2.75) is 35.2 Å². The number of carbonyl (C=O) groups excluding carboxylic acids is 1. The molecular formula is C15H18O4S2. The predicted molar refractivity (Wildman–Crippen MR) is 84.5 cm³/mol. The van der Waals surface area contributed by atoms with E-state index in [9.17, 15) is 15.0 Å². The zero-order valence-electron chi connectivity index (χ0n) is 11.5. The average Bonchev–Trinajstić information content (AvgIpc) is 2.93. The van der Waals surface area contributed by atoms with E-state index in [-0.39, 0.29) is 4.08 Å². The Hall–Kier alpha value is -0.690. The van der Waals surface area contributed by atoms with Gasteiger partial charge in [0.1, 0.15) is 12.2 Å². The first kappa shape index (κ1) is 15.2. The fraction of sp³-hybridized carbons (Fsp3) is 0.533. The van der Waals surface area contributed by atoms with Crippen molar-refractivity contribution in [1.82, 2.24) is 0 Å². The normalized spacial score (nSPS) is 31.2. The highest BCUT2D eigenvalue weighted by atomic mass is 32.2. The highest BCUT2D eigenvalue weighted by molar-refractivity contribution is 8.21. The van der Waals surface area contributed by atoms with Gasteiger partial charge in [0.2, 0.25) is 0 Å². The van der Waals surface area contributed by atoms with Crippen LogP contribution >= 0.6 is 23.5 Å². The Morgan fingerprint density at radius 2 is 1.81 bits per heavy atom. The molecule has 0 unspecified atom stereocenters. The van der Waals surface area contributed by atoms with Gasteiger partial charge in [0, 0.05) is 17.9 Å². The Bertz CT molecular complexity index is 502. The zero-order chi connectivity index (χ0) is 14.9. The smallest absolute Gasteiger partial charge is 0.338 e. The van der Waals surface area contributed by atoms with Gasteiger partial charge in [-0.3, -0.25) is 0 Å². The summed E-state index contributed by atoms with van der Waals surface area (Å²) >= 11 is 3.60. The minimum Gasteiger partial charge on any atom is -0.456 e. The summed E-state index contributed by atoms with van der Waals surface area (Å²) in [5.41, 5.74) is 0.463. The lowest BCUT2D eigenvalue weighted by atomic mass is 9.91. The van der Waals surface area contributed by atoms with Crippen molar-refractivity contribution in [2.75, 3.05) is 11.5 Å². The topological polar surface area (TPSA) is 66.8 Å². The van der Waals surface area contributed by atoms with Crippen LogP contribution in [-0.2, 0) is 4.74 Å². The molecule has 1 aliphatic heterocycles. The lowest BCUT2D eigenvalue weighted by molar-refractivity contribution is -0.0931. The van der Waals surface area contributed by atoms with Gasteiger partial charge in [-0.05, 0) is 18.6 Å². The highest BCUT2D eigenvalue weighted by Gasteiger charge is 2.49. The van der Waals surface area contributed by atoms with E-state index in [1.54, 1.807) is 47.8 Å². The van der Waals surface area contributed by atoms with E-state index in [4.69, 9.17) is 4.74 Å². The molecule has 1 saturated heterocycles. The van der Waals surface area contributed by atoms with Crippen molar-refractivity contribution in [2.24, 2.45) is 0 Å². The summed E-state index contributed by atoms with van der Waals surface area (Å²) in [5.74, 6) is 1.62. The molecule has 0 radical (unpaired) electrons. The largest absolute Gasteiger partial charge is 0.456 e. The summed E-state index contributed by atoms with van der Waals surface area (Å²) in [7, 11) is 0. The summed E-state index contributed by atoms with van der Waals surface area (Å²) in [6.07, 6.45) is -1.38. The summed E-state index contributed by atoms with van der Waals surface area (Å²) in [6.45, 7) is 0. The Morgan fingerprint density at radius 1 is 1.14 bits per heavy atom. The molecule has 0 amide bonds. The number of aliphatic hydroxyl groups is 2. The minimum atomic E-state index is -1.01. The minimum absolute atomic E-state index is 0.125. The van der Waals surface area contributed by atoms with Crippen molar-refractivity contribution in [3.8, 4) is 0 Å². The molecule has 1 aromatic rings. The maximum Gasteiger partial charge on any atom is 0.338 e. The fourth-order valence-corrected chi connectivity index (χ4v) is 6.21. The standard InChI is InChI=1S/C15H18O4S2/c16-11-8-15(20-6-7-21-15)9-12(13(11)17)19-14(18)10-4-2-1-3-5-10/h1-5,11-13,16-17H,6-9H2/t11-,12-,13+/m1/s1. The van der Waals surface area contributed by atoms with Gasteiger partial charge in [-0.2, -0.15) is 0 Å². The van der Waals surface area contributed by atoms with Gasteiger partial charge < -0.3 is 14.9 Å². The lowest BCUT2D eigenvalue weighted by Crippen LogP contribution is -2.50. The molecule has 3 rings (SSSR count). The molecule has 6 heteroatoms. The molecular weight excluding hydrogens is 308 g/mol. The van der Waals surface area contributed by atoms with Gasteiger partial charge in [-0.1, -0.05) is 18.2 Å². The molecule has 2 fully saturated rings. The molecule has 1 aliphatic carbocycles. The third-order valence-corrected chi connectivity index (χ3v) is 7.39. The van der Waals surface area contributed by atoms with Crippen LogP contribution in [-0.4, -0.2) is 50.1 Å². The fourth-order valence-electron chi connectivity index (χ4n) is 2.82. The van der Waals surface area contributed by atoms with Crippen LogP contribution in [0.25, 0.3) is 0 Å². The van der Waals surface area contributed by atoms with E-state index in [0.29, 0.717) is 18.4 Å². The first-order valence-electron chi connectivity index (χ1n) is 7.00. The summed E-state index contributed by atoms with van der Waals surface area (Å²) in [4.78, 5) is 12.1. The maximum atomic E-state index is 12.1. The van der Waals surface area contributed by atoms with E-state index < -0.39 is 24.3 Å². The van der Waals surface area contributed by atoms with Crippen LogP contribution in [0.5, 0.6) is 0 Å². The highest BCUT2D eigenvalue weighted by Crippen LogP contribution is 2.53.